The van der Waals surface area contributed by atoms with Gasteiger partial charge in [-0.3, -0.25) is 4.79 Å². The molecule has 1 aliphatic rings. The van der Waals surface area contributed by atoms with E-state index in [4.69, 9.17) is 10.5 Å². The maximum absolute atomic E-state index is 13.6. The Kier molecular flexibility index (Phi) is 9.84. The topological polar surface area (TPSA) is 119 Å². The van der Waals surface area contributed by atoms with Crippen molar-refractivity contribution in [2.24, 2.45) is 5.73 Å². The van der Waals surface area contributed by atoms with Gasteiger partial charge in [-0.25, -0.2) is 8.42 Å². The second-order valence-electron chi connectivity index (χ2n) is 9.86. The number of nitrogens with zero attached hydrogens (tertiary/aromatic N) is 2. The number of ether oxygens (including phenoxy) is 1. The molecule has 0 unspecified atom stereocenters. The lowest BCUT2D eigenvalue weighted by atomic mass is 10.0. The van der Waals surface area contributed by atoms with Crippen LogP contribution in [-0.2, 0) is 21.2 Å². The number of fused-ring (bicyclic) bond motifs is 1. The van der Waals surface area contributed by atoms with E-state index >= 15 is 0 Å². The third kappa shape index (κ3) is 7.61. The van der Waals surface area contributed by atoms with Gasteiger partial charge >= 0.3 is 6.18 Å². The van der Waals surface area contributed by atoms with E-state index in [-0.39, 0.29) is 39.6 Å². The first-order valence-corrected chi connectivity index (χ1v) is 16.1. The van der Waals surface area contributed by atoms with Crippen molar-refractivity contribution in [2.45, 2.75) is 34.0 Å². The van der Waals surface area contributed by atoms with Crippen LogP contribution in [0, 0.1) is 11.8 Å². The van der Waals surface area contributed by atoms with Crippen molar-refractivity contribution in [2.75, 3.05) is 50.2 Å². The monoisotopic (exact) mass is 717 g/mol. The Morgan fingerprint density at radius 1 is 1.21 bits per heavy atom. The van der Waals surface area contributed by atoms with E-state index in [1.54, 1.807) is 29.2 Å². The molecule has 1 amide bonds. The maximum Gasteiger partial charge on any atom is 0.406 e. The molecule has 0 bridgehead atoms. The van der Waals surface area contributed by atoms with Crippen LogP contribution >= 0.6 is 22.6 Å². The van der Waals surface area contributed by atoms with Crippen LogP contribution in [-0.4, -0.2) is 79.5 Å². The molecular formula is C28H31F3IN5O4S. The highest BCUT2D eigenvalue weighted by Crippen LogP contribution is 2.32. The number of anilines is 2. The third-order valence-corrected chi connectivity index (χ3v) is 9.25. The predicted molar refractivity (Wildman–Crippen MR) is 165 cm³/mol. The number of hydrogen-bond acceptors (Lipinski definition) is 7. The molecule has 2 aromatic carbocycles. The summed E-state index contributed by atoms with van der Waals surface area (Å²) in [5, 5.41) is 7.12. The summed E-state index contributed by atoms with van der Waals surface area (Å²) in [7, 11) is -2.02. The summed E-state index contributed by atoms with van der Waals surface area (Å²) in [5.74, 6) is 5.92. The minimum atomic E-state index is -4.46. The lowest BCUT2D eigenvalue weighted by molar-refractivity contribution is -0.140. The lowest BCUT2D eigenvalue weighted by Crippen LogP contribution is -2.50. The quantitative estimate of drug-likeness (QED) is 0.184. The molecule has 0 spiro atoms. The van der Waals surface area contributed by atoms with Gasteiger partial charge in [-0.1, -0.05) is 34.6 Å². The highest BCUT2D eigenvalue weighted by molar-refractivity contribution is 14.1. The number of amides is 1. The summed E-state index contributed by atoms with van der Waals surface area (Å²) in [6.45, 7) is -0.0963. The maximum atomic E-state index is 13.6. The Labute approximate surface area is 256 Å². The number of carbonyl (C=O) groups excluding carboxylic acids is 1. The van der Waals surface area contributed by atoms with E-state index in [0.29, 0.717) is 47.5 Å². The number of benzene rings is 2. The standard InChI is InChI=1S/C28H31F3IN5O4S/c1-41-26-14-19(42(2,39)40)8-9-24(26)34-11-4-5-18-13-20-22(6-3-7-25(20)37(18)17-28(29,30)31)35-23-10-12-36(16-21(23)32)27(38)15-33/h3,6-9,13-14,21,23,34-35H,10-12,15-17,33H2,1-2H3/t21-,23+/m0/s1. The first kappa shape index (κ1) is 31.8. The first-order valence-electron chi connectivity index (χ1n) is 13.0. The summed E-state index contributed by atoms with van der Waals surface area (Å²) in [4.78, 5) is 13.8. The van der Waals surface area contributed by atoms with Gasteiger partial charge in [0.25, 0.3) is 0 Å². The van der Waals surface area contributed by atoms with Crippen molar-refractivity contribution < 1.29 is 31.1 Å². The zero-order valence-corrected chi connectivity index (χ0v) is 25.9. The normalized spacial score (nSPS) is 17.5. The molecule has 0 radical (unpaired) electrons. The van der Waals surface area contributed by atoms with Crippen molar-refractivity contribution >= 4 is 60.6 Å². The van der Waals surface area contributed by atoms with Crippen molar-refractivity contribution in [1.82, 2.24) is 9.47 Å². The lowest BCUT2D eigenvalue weighted by Gasteiger charge is -2.36. The van der Waals surface area contributed by atoms with Crippen LogP contribution in [0.1, 0.15) is 12.1 Å². The predicted octanol–water partition coefficient (Wildman–Crippen LogP) is 3.85. The number of hydrogen-bond donors (Lipinski definition) is 3. The number of rotatable bonds is 8. The fourth-order valence-electron chi connectivity index (χ4n) is 4.81. The number of piperidine rings is 1. The molecular weight excluding hydrogens is 686 g/mol. The molecule has 3 aromatic rings. The van der Waals surface area contributed by atoms with E-state index in [2.05, 4.69) is 45.1 Å². The van der Waals surface area contributed by atoms with Crippen molar-refractivity contribution in [3.63, 3.8) is 0 Å². The zero-order valence-electron chi connectivity index (χ0n) is 23.0. The first-order chi connectivity index (χ1) is 19.8. The Morgan fingerprint density at radius 2 is 1.98 bits per heavy atom. The smallest absolute Gasteiger partial charge is 0.406 e. The molecule has 1 aliphatic heterocycles. The average molecular weight is 718 g/mol. The molecule has 0 saturated carbocycles. The zero-order chi connectivity index (χ0) is 30.7. The summed E-state index contributed by atoms with van der Waals surface area (Å²) in [6.07, 6.45) is -2.70. The third-order valence-electron chi connectivity index (χ3n) is 6.88. The van der Waals surface area contributed by atoms with Gasteiger partial charge in [0.05, 0.1) is 42.0 Å². The van der Waals surface area contributed by atoms with Crippen LogP contribution < -0.4 is 21.1 Å². The van der Waals surface area contributed by atoms with Gasteiger partial charge in [0.1, 0.15) is 12.3 Å². The molecule has 0 aliphatic carbocycles. The van der Waals surface area contributed by atoms with Crippen LogP contribution in [0.3, 0.4) is 0 Å². The molecule has 14 heteroatoms. The number of sulfone groups is 1. The van der Waals surface area contributed by atoms with Crippen LogP contribution in [0.2, 0.25) is 0 Å². The number of likely N-dealkylation sites (tertiary alicyclic amines) is 1. The highest BCUT2D eigenvalue weighted by atomic mass is 127. The van der Waals surface area contributed by atoms with Crippen molar-refractivity contribution in [3.05, 3.63) is 48.2 Å². The second-order valence-corrected chi connectivity index (χ2v) is 13.5. The molecule has 2 heterocycles. The molecule has 4 rings (SSSR count). The van der Waals surface area contributed by atoms with Crippen molar-refractivity contribution in [1.29, 1.82) is 0 Å². The highest BCUT2D eigenvalue weighted by Gasteiger charge is 2.31. The van der Waals surface area contributed by atoms with Gasteiger partial charge in [0.2, 0.25) is 5.91 Å². The number of aromatic nitrogens is 1. The Morgan fingerprint density at radius 3 is 2.62 bits per heavy atom. The SMILES string of the molecule is COc1cc(S(C)(=O)=O)ccc1NCC#Cc1cc2c(N[C@@H]3CCN(C(=O)CN)C[C@@H]3I)cccc2n1CC(F)(F)F. The summed E-state index contributed by atoms with van der Waals surface area (Å²) in [5.41, 5.74) is 7.29. The van der Waals surface area contributed by atoms with Crippen LogP contribution in [0.5, 0.6) is 5.75 Å². The molecule has 226 valence electrons. The van der Waals surface area contributed by atoms with E-state index in [0.717, 1.165) is 10.8 Å². The number of methoxy groups -OCH3 is 1. The second kappa shape index (κ2) is 13.0. The Bertz CT molecular complexity index is 1630. The Balaban J connectivity index is 1.58. The summed E-state index contributed by atoms with van der Waals surface area (Å²) in [6, 6.07) is 11.2. The number of nitrogens with two attached hydrogens (primary N) is 1. The molecule has 9 nitrogen and oxygen atoms in total. The number of alkyl halides is 4. The minimum Gasteiger partial charge on any atom is -0.495 e. The molecule has 2 atom stereocenters. The largest absolute Gasteiger partial charge is 0.495 e. The molecule has 1 fully saturated rings. The van der Waals surface area contributed by atoms with E-state index in [1.807, 2.05) is 6.07 Å². The molecule has 42 heavy (non-hydrogen) atoms. The van der Waals surface area contributed by atoms with Crippen LogP contribution in [0.25, 0.3) is 10.9 Å². The average Bonchev–Trinajstić information content (AvgIpc) is 3.27. The minimum absolute atomic E-state index is 0.00629. The summed E-state index contributed by atoms with van der Waals surface area (Å²) >= 11 is 2.28. The van der Waals surface area contributed by atoms with Gasteiger partial charge in [0, 0.05) is 46.5 Å². The molecule has 1 aromatic heterocycles. The van der Waals surface area contributed by atoms with E-state index in [9.17, 15) is 26.4 Å². The van der Waals surface area contributed by atoms with Gasteiger partial charge in [-0.05, 0) is 42.7 Å². The fraction of sp³-hybridized carbons (Fsp3) is 0.393. The van der Waals surface area contributed by atoms with Crippen LogP contribution in [0.4, 0.5) is 24.5 Å². The van der Waals surface area contributed by atoms with E-state index < -0.39 is 22.6 Å². The Hall–Kier alpha value is -3.16. The number of halogens is 4. The molecule has 1 saturated heterocycles. The van der Waals surface area contributed by atoms with Crippen molar-refractivity contribution in [3.8, 4) is 17.6 Å². The van der Waals surface area contributed by atoms with Crippen LogP contribution in [0.15, 0.2) is 47.4 Å². The number of carbonyl (C=O) groups is 1. The number of nitrogens with one attached hydrogen (secondary N) is 2. The van der Waals surface area contributed by atoms with E-state index in [1.165, 1.54) is 19.2 Å². The van der Waals surface area contributed by atoms with Gasteiger partial charge < -0.3 is 30.6 Å². The summed E-state index contributed by atoms with van der Waals surface area (Å²) < 4.78 is 71.0. The van der Waals surface area contributed by atoms with Gasteiger partial charge in [-0.15, -0.1) is 0 Å². The fourth-order valence-corrected chi connectivity index (χ4v) is 6.46. The molecule has 4 N–H and O–H groups in total. The van der Waals surface area contributed by atoms with Gasteiger partial charge in [-0.2, -0.15) is 13.2 Å². The van der Waals surface area contributed by atoms with Gasteiger partial charge in [0.15, 0.2) is 9.84 Å².